The lowest BCUT2D eigenvalue weighted by atomic mass is 9.79. The summed E-state index contributed by atoms with van der Waals surface area (Å²) in [6, 6.07) is 12.1. The first-order chi connectivity index (χ1) is 12.3. The molecule has 2 fully saturated rings. The normalized spacial score (nSPS) is 23.7. The van der Waals surface area contributed by atoms with Crippen LogP contribution < -0.4 is 4.90 Å². The van der Waals surface area contributed by atoms with Crippen LogP contribution >= 0.6 is 0 Å². The smallest absolute Gasteiger partial charge is 0.225 e. The van der Waals surface area contributed by atoms with Crippen LogP contribution in [-0.2, 0) is 6.54 Å². The molecule has 5 nitrogen and oxygen atoms in total. The highest BCUT2D eigenvalue weighted by Crippen LogP contribution is 2.40. The molecule has 4 rings (SSSR count). The highest BCUT2D eigenvalue weighted by atomic mass is 15.3. The molecular formula is C20H23N5. The first-order valence-electron chi connectivity index (χ1n) is 9.00. The SMILES string of the molecule is N#Cc1cccc(CN2CC[C@]3(CCCN(c4ncccn4)C3)C2)c1. The van der Waals surface area contributed by atoms with E-state index in [0.717, 1.165) is 44.2 Å². The van der Waals surface area contributed by atoms with Crippen LogP contribution in [0.15, 0.2) is 42.7 Å². The molecule has 2 aromatic rings. The summed E-state index contributed by atoms with van der Waals surface area (Å²) in [6.07, 6.45) is 7.37. The van der Waals surface area contributed by atoms with E-state index in [1.165, 1.54) is 24.8 Å². The highest BCUT2D eigenvalue weighted by molar-refractivity contribution is 5.33. The number of aromatic nitrogens is 2. The zero-order chi connectivity index (χ0) is 17.1. The van der Waals surface area contributed by atoms with Gasteiger partial charge in [0.15, 0.2) is 0 Å². The maximum absolute atomic E-state index is 9.08. The molecule has 2 aliphatic heterocycles. The lowest BCUT2D eigenvalue weighted by Gasteiger charge is -2.40. The van der Waals surface area contributed by atoms with Crippen molar-refractivity contribution in [3.63, 3.8) is 0 Å². The Morgan fingerprint density at radius 2 is 1.96 bits per heavy atom. The third-order valence-electron chi connectivity index (χ3n) is 5.48. The minimum atomic E-state index is 0.351. The molecule has 0 aliphatic carbocycles. The number of piperidine rings is 1. The summed E-state index contributed by atoms with van der Waals surface area (Å²) in [5, 5.41) is 9.08. The summed E-state index contributed by atoms with van der Waals surface area (Å²) in [6.45, 7) is 5.27. The van der Waals surface area contributed by atoms with E-state index < -0.39 is 0 Å². The van der Waals surface area contributed by atoms with Crippen LogP contribution in [0.1, 0.15) is 30.4 Å². The Hall–Kier alpha value is -2.45. The highest BCUT2D eigenvalue weighted by Gasteiger charge is 2.41. The van der Waals surface area contributed by atoms with Crippen molar-refractivity contribution in [2.24, 2.45) is 5.41 Å². The minimum absolute atomic E-state index is 0.351. The molecule has 1 atom stereocenters. The van der Waals surface area contributed by atoms with Crippen LogP contribution in [0.2, 0.25) is 0 Å². The first kappa shape index (κ1) is 16.0. The van der Waals surface area contributed by atoms with Crippen LogP contribution in [0.3, 0.4) is 0 Å². The zero-order valence-electron chi connectivity index (χ0n) is 14.4. The summed E-state index contributed by atoms with van der Waals surface area (Å²) >= 11 is 0. The minimum Gasteiger partial charge on any atom is -0.340 e. The average Bonchev–Trinajstić information content (AvgIpc) is 3.04. The van der Waals surface area contributed by atoms with Crippen molar-refractivity contribution >= 4 is 5.95 Å². The summed E-state index contributed by atoms with van der Waals surface area (Å²) in [5.74, 6) is 0.863. The molecule has 5 heteroatoms. The Bertz CT molecular complexity index is 769. The van der Waals surface area contributed by atoms with Gasteiger partial charge >= 0.3 is 0 Å². The van der Waals surface area contributed by atoms with Gasteiger partial charge in [0.25, 0.3) is 0 Å². The van der Waals surface area contributed by atoms with Crippen molar-refractivity contribution in [2.75, 3.05) is 31.1 Å². The fourth-order valence-corrected chi connectivity index (χ4v) is 4.33. The van der Waals surface area contributed by atoms with Crippen molar-refractivity contribution in [3.05, 3.63) is 53.9 Å². The fourth-order valence-electron chi connectivity index (χ4n) is 4.33. The molecule has 0 bridgehead atoms. The number of rotatable bonds is 3. The van der Waals surface area contributed by atoms with E-state index in [9.17, 15) is 0 Å². The van der Waals surface area contributed by atoms with Gasteiger partial charge in [-0.25, -0.2) is 9.97 Å². The monoisotopic (exact) mass is 333 g/mol. The lowest BCUT2D eigenvalue weighted by molar-refractivity contribution is 0.215. The van der Waals surface area contributed by atoms with Crippen molar-refractivity contribution in [2.45, 2.75) is 25.8 Å². The molecule has 1 aromatic heterocycles. The van der Waals surface area contributed by atoms with Gasteiger partial charge in [0.1, 0.15) is 0 Å². The van der Waals surface area contributed by atoms with Gasteiger partial charge < -0.3 is 4.90 Å². The van der Waals surface area contributed by atoms with Crippen molar-refractivity contribution in [3.8, 4) is 6.07 Å². The van der Waals surface area contributed by atoms with Crippen molar-refractivity contribution in [1.29, 1.82) is 5.26 Å². The topological polar surface area (TPSA) is 56.1 Å². The third-order valence-corrected chi connectivity index (χ3v) is 5.48. The van der Waals surface area contributed by atoms with Crippen LogP contribution in [0.5, 0.6) is 0 Å². The molecule has 0 radical (unpaired) electrons. The van der Waals surface area contributed by atoms with Crippen LogP contribution in [0, 0.1) is 16.7 Å². The van der Waals surface area contributed by atoms with Gasteiger partial charge in [-0.3, -0.25) is 4.90 Å². The maximum Gasteiger partial charge on any atom is 0.225 e. The second-order valence-corrected chi connectivity index (χ2v) is 7.35. The van der Waals surface area contributed by atoms with E-state index in [-0.39, 0.29) is 0 Å². The molecule has 0 N–H and O–H groups in total. The summed E-state index contributed by atoms with van der Waals surface area (Å²) in [5.41, 5.74) is 2.33. The number of likely N-dealkylation sites (tertiary alicyclic amines) is 1. The fraction of sp³-hybridized carbons (Fsp3) is 0.450. The second kappa shape index (κ2) is 6.81. The Morgan fingerprint density at radius 1 is 1.08 bits per heavy atom. The molecule has 0 amide bonds. The molecule has 1 spiro atoms. The molecule has 0 unspecified atom stereocenters. The number of benzene rings is 1. The van der Waals surface area contributed by atoms with Gasteiger partial charge in [-0.1, -0.05) is 12.1 Å². The summed E-state index contributed by atoms with van der Waals surface area (Å²) < 4.78 is 0. The Morgan fingerprint density at radius 3 is 2.80 bits per heavy atom. The molecule has 128 valence electrons. The zero-order valence-corrected chi connectivity index (χ0v) is 14.4. The van der Waals surface area contributed by atoms with E-state index in [1.54, 1.807) is 0 Å². The predicted octanol–water partition coefficient (Wildman–Crippen LogP) is 2.84. The maximum atomic E-state index is 9.08. The number of nitrogens with zero attached hydrogens (tertiary/aromatic N) is 5. The largest absolute Gasteiger partial charge is 0.340 e. The Balaban J connectivity index is 1.43. The Labute approximate surface area is 148 Å². The summed E-state index contributed by atoms with van der Waals surface area (Å²) in [4.78, 5) is 13.8. The molecule has 2 aliphatic rings. The van der Waals surface area contributed by atoms with E-state index in [4.69, 9.17) is 5.26 Å². The van der Waals surface area contributed by atoms with E-state index in [2.05, 4.69) is 31.9 Å². The molecule has 0 saturated carbocycles. The summed E-state index contributed by atoms with van der Waals surface area (Å²) in [7, 11) is 0. The first-order valence-corrected chi connectivity index (χ1v) is 9.00. The quantitative estimate of drug-likeness (QED) is 0.864. The van der Waals surface area contributed by atoms with Crippen LogP contribution in [0.25, 0.3) is 0 Å². The van der Waals surface area contributed by atoms with Gasteiger partial charge in [0.05, 0.1) is 11.6 Å². The van der Waals surface area contributed by atoms with Gasteiger partial charge in [-0.2, -0.15) is 5.26 Å². The van der Waals surface area contributed by atoms with Gasteiger partial charge in [0, 0.05) is 44.0 Å². The number of hydrogen-bond donors (Lipinski definition) is 0. The second-order valence-electron chi connectivity index (χ2n) is 7.35. The molecular weight excluding hydrogens is 310 g/mol. The number of anilines is 1. The van der Waals surface area contributed by atoms with Gasteiger partial charge in [-0.05, 0) is 49.6 Å². The Kier molecular flexibility index (Phi) is 4.37. The lowest BCUT2D eigenvalue weighted by Crippen LogP contribution is -2.45. The van der Waals surface area contributed by atoms with E-state index in [1.807, 2.05) is 36.7 Å². The predicted molar refractivity (Wildman–Crippen MR) is 97.0 cm³/mol. The van der Waals surface area contributed by atoms with Crippen molar-refractivity contribution in [1.82, 2.24) is 14.9 Å². The molecule has 1 aromatic carbocycles. The molecule has 3 heterocycles. The van der Waals surface area contributed by atoms with Crippen LogP contribution in [-0.4, -0.2) is 41.0 Å². The molecule has 25 heavy (non-hydrogen) atoms. The average molecular weight is 333 g/mol. The standard InChI is InChI=1S/C20H23N5/c21-13-17-4-1-5-18(12-17)14-24-11-7-20(15-24)6-2-10-25(16-20)19-22-8-3-9-23-19/h1,3-5,8-9,12H,2,6-7,10-11,14-16H2/t20-/m1/s1. The number of nitriles is 1. The van der Waals surface area contributed by atoms with Gasteiger partial charge in [0.2, 0.25) is 5.95 Å². The van der Waals surface area contributed by atoms with Crippen LogP contribution in [0.4, 0.5) is 5.95 Å². The molecule has 2 saturated heterocycles. The third kappa shape index (κ3) is 3.49. The number of hydrogen-bond acceptors (Lipinski definition) is 5. The van der Waals surface area contributed by atoms with E-state index in [0.29, 0.717) is 5.41 Å². The van der Waals surface area contributed by atoms with Crippen molar-refractivity contribution < 1.29 is 0 Å². The van der Waals surface area contributed by atoms with E-state index >= 15 is 0 Å². The van der Waals surface area contributed by atoms with Gasteiger partial charge in [-0.15, -0.1) is 0 Å².